The van der Waals surface area contributed by atoms with Crippen LogP contribution < -0.4 is 5.73 Å². The van der Waals surface area contributed by atoms with Gasteiger partial charge in [-0.1, -0.05) is 36.0 Å². The number of nitrogens with zero attached hydrogens (tertiary/aromatic N) is 1. The quantitative estimate of drug-likeness (QED) is 0.660. The summed E-state index contributed by atoms with van der Waals surface area (Å²) in [6, 6.07) is 11.5. The molecule has 24 heavy (non-hydrogen) atoms. The average Bonchev–Trinajstić information content (AvgIpc) is 3.23. The van der Waals surface area contributed by atoms with Crippen LogP contribution in [-0.2, 0) is 14.6 Å². The Bertz CT molecular complexity index is 948. The van der Waals surface area contributed by atoms with Gasteiger partial charge in [0, 0.05) is 0 Å². The van der Waals surface area contributed by atoms with Gasteiger partial charge in [0.2, 0.25) is 31.8 Å². The van der Waals surface area contributed by atoms with Crippen molar-refractivity contribution in [1.29, 1.82) is 0 Å². The Kier molecular flexibility index (Phi) is 4.74. The number of amides is 1. The fraction of sp³-hybridized carbons (Fsp3) is 0.0667. The molecular weight excluding hydrogens is 368 g/mol. The lowest BCUT2D eigenvalue weighted by molar-refractivity contribution is -0.115. The first kappa shape index (κ1) is 16.7. The molecule has 9 heteroatoms. The van der Waals surface area contributed by atoms with E-state index in [4.69, 9.17) is 10.2 Å². The molecule has 0 atom stereocenters. The second-order valence-electron chi connectivity index (χ2n) is 4.66. The zero-order valence-electron chi connectivity index (χ0n) is 12.2. The molecule has 0 saturated carbocycles. The number of oxazole rings is 1. The minimum Gasteiger partial charge on any atom is -0.428 e. The zero-order valence-corrected chi connectivity index (χ0v) is 14.7. The van der Waals surface area contributed by atoms with E-state index < -0.39 is 15.7 Å². The van der Waals surface area contributed by atoms with Crippen LogP contribution in [0.5, 0.6) is 0 Å². The van der Waals surface area contributed by atoms with E-state index in [1.165, 1.54) is 23.5 Å². The normalized spacial score (nSPS) is 11.5. The first-order valence-corrected chi connectivity index (χ1v) is 10.1. The van der Waals surface area contributed by atoms with Crippen LogP contribution in [0.2, 0.25) is 0 Å². The topological polar surface area (TPSA) is 103 Å². The van der Waals surface area contributed by atoms with Gasteiger partial charge in [-0.2, -0.15) is 4.98 Å². The molecule has 2 N–H and O–H groups in total. The average molecular weight is 380 g/mol. The van der Waals surface area contributed by atoms with E-state index in [1.807, 2.05) is 11.4 Å². The van der Waals surface area contributed by atoms with Gasteiger partial charge >= 0.3 is 0 Å². The largest absolute Gasteiger partial charge is 0.428 e. The van der Waals surface area contributed by atoms with Crippen molar-refractivity contribution in [2.45, 2.75) is 15.0 Å². The molecule has 0 aliphatic rings. The van der Waals surface area contributed by atoms with Crippen LogP contribution in [0.4, 0.5) is 0 Å². The fourth-order valence-electron chi connectivity index (χ4n) is 1.91. The van der Waals surface area contributed by atoms with E-state index in [1.54, 1.807) is 24.3 Å². The van der Waals surface area contributed by atoms with Crippen molar-refractivity contribution in [3.63, 3.8) is 0 Å². The fourth-order valence-corrected chi connectivity index (χ4v) is 4.84. The summed E-state index contributed by atoms with van der Waals surface area (Å²) in [4.78, 5) is 16.0. The van der Waals surface area contributed by atoms with E-state index in [0.29, 0.717) is 4.88 Å². The molecule has 6 nitrogen and oxygen atoms in total. The van der Waals surface area contributed by atoms with Crippen molar-refractivity contribution in [1.82, 2.24) is 4.98 Å². The summed E-state index contributed by atoms with van der Waals surface area (Å²) in [6.07, 6.45) is 0. The summed E-state index contributed by atoms with van der Waals surface area (Å²) in [5.41, 5.74) is 5.14. The molecule has 0 aliphatic carbocycles. The molecular formula is C15H12N2O4S3. The van der Waals surface area contributed by atoms with Crippen molar-refractivity contribution >= 4 is 38.8 Å². The first-order chi connectivity index (χ1) is 11.5. The number of carbonyl (C=O) groups is 1. The van der Waals surface area contributed by atoms with Crippen LogP contribution in [0.3, 0.4) is 0 Å². The second-order valence-corrected chi connectivity index (χ2v) is 8.42. The molecule has 3 aromatic rings. The van der Waals surface area contributed by atoms with E-state index in [9.17, 15) is 13.2 Å². The number of hydrogen-bond acceptors (Lipinski definition) is 7. The Morgan fingerprint density at radius 3 is 2.58 bits per heavy atom. The number of nitrogens with two attached hydrogens (primary N) is 1. The third kappa shape index (κ3) is 3.37. The van der Waals surface area contributed by atoms with E-state index in [0.717, 1.165) is 11.8 Å². The summed E-state index contributed by atoms with van der Waals surface area (Å²) in [5, 5.41) is 1.69. The van der Waals surface area contributed by atoms with Gasteiger partial charge in [0.15, 0.2) is 0 Å². The Labute approximate surface area is 146 Å². The van der Waals surface area contributed by atoms with E-state index in [-0.39, 0.29) is 26.7 Å². The summed E-state index contributed by atoms with van der Waals surface area (Å²) in [6.45, 7) is 0. The highest BCUT2D eigenvalue weighted by molar-refractivity contribution is 8.00. The van der Waals surface area contributed by atoms with Crippen molar-refractivity contribution in [2.75, 3.05) is 5.75 Å². The zero-order chi connectivity index (χ0) is 17.2. The van der Waals surface area contributed by atoms with Crippen LogP contribution in [0.25, 0.3) is 10.8 Å². The smallest absolute Gasteiger partial charge is 0.238 e. The number of thiophene rings is 1. The number of hydrogen-bond donors (Lipinski definition) is 1. The van der Waals surface area contributed by atoms with Crippen LogP contribution >= 0.6 is 23.1 Å². The SMILES string of the molecule is NC(=O)CSc1oc(-c2cccs2)nc1S(=O)(=O)c1ccccc1. The van der Waals surface area contributed by atoms with E-state index in [2.05, 4.69) is 4.98 Å². The standard InChI is InChI=1S/C15H12N2O4S3/c16-12(18)9-23-15-14(17-13(21-15)11-7-4-8-22-11)24(19,20)10-5-2-1-3-6-10/h1-8H,9H2,(H2,16,18). The molecule has 0 radical (unpaired) electrons. The number of rotatable bonds is 6. The molecule has 0 bridgehead atoms. The molecule has 0 spiro atoms. The first-order valence-electron chi connectivity index (χ1n) is 6.74. The number of thioether (sulfide) groups is 1. The number of benzene rings is 1. The number of aromatic nitrogens is 1. The molecule has 1 aromatic carbocycles. The van der Waals surface area contributed by atoms with Gasteiger partial charge in [0.05, 0.1) is 15.5 Å². The van der Waals surface area contributed by atoms with Gasteiger partial charge in [-0.3, -0.25) is 4.79 Å². The highest BCUT2D eigenvalue weighted by atomic mass is 32.2. The molecule has 1 amide bonds. The molecule has 0 saturated heterocycles. The molecule has 124 valence electrons. The second kappa shape index (κ2) is 6.80. The summed E-state index contributed by atoms with van der Waals surface area (Å²) in [5.74, 6) is -0.472. The van der Waals surface area contributed by atoms with Crippen LogP contribution in [0, 0.1) is 0 Å². The minimum absolute atomic E-state index is 0.0565. The summed E-state index contributed by atoms with van der Waals surface area (Å²) in [7, 11) is -3.86. The van der Waals surface area contributed by atoms with Gasteiger partial charge in [-0.15, -0.1) is 11.3 Å². The Morgan fingerprint density at radius 2 is 1.96 bits per heavy atom. The van der Waals surface area contributed by atoms with E-state index >= 15 is 0 Å². The number of sulfone groups is 1. The third-order valence-electron chi connectivity index (χ3n) is 2.95. The molecule has 3 rings (SSSR count). The lowest BCUT2D eigenvalue weighted by Gasteiger charge is -2.02. The molecule has 2 heterocycles. The highest BCUT2D eigenvalue weighted by Crippen LogP contribution is 2.35. The van der Waals surface area contributed by atoms with Crippen molar-refractivity contribution in [3.8, 4) is 10.8 Å². The molecule has 2 aromatic heterocycles. The minimum atomic E-state index is -3.86. The maximum atomic E-state index is 12.8. The third-order valence-corrected chi connectivity index (χ3v) is 6.59. The van der Waals surface area contributed by atoms with Crippen LogP contribution in [0.1, 0.15) is 0 Å². The maximum absolute atomic E-state index is 12.8. The maximum Gasteiger partial charge on any atom is 0.238 e. The van der Waals surface area contributed by atoms with Crippen molar-refractivity contribution in [2.24, 2.45) is 5.73 Å². The van der Waals surface area contributed by atoms with Gasteiger partial charge in [0.1, 0.15) is 0 Å². The van der Waals surface area contributed by atoms with Gasteiger partial charge < -0.3 is 10.2 Å². The monoisotopic (exact) mass is 380 g/mol. The van der Waals surface area contributed by atoms with Crippen molar-refractivity contribution in [3.05, 3.63) is 47.8 Å². The van der Waals surface area contributed by atoms with Crippen LogP contribution in [-0.4, -0.2) is 25.1 Å². The molecule has 0 aliphatic heterocycles. The predicted molar refractivity (Wildman–Crippen MR) is 91.6 cm³/mol. The lowest BCUT2D eigenvalue weighted by atomic mass is 10.4. The number of carbonyl (C=O) groups excluding carboxylic acids is 1. The summed E-state index contributed by atoms with van der Waals surface area (Å²) >= 11 is 2.29. The highest BCUT2D eigenvalue weighted by Gasteiger charge is 2.29. The molecule has 0 fully saturated rings. The van der Waals surface area contributed by atoms with Crippen LogP contribution in [0.15, 0.2) is 67.3 Å². The Balaban J connectivity index is 2.09. The van der Waals surface area contributed by atoms with Gasteiger partial charge in [-0.05, 0) is 23.6 Å². The van der Waals surface area contributed by atoms with Gasteiger partial charge in [-0.25, -0.2) is 8.42 Å². The van der Waals surface area contributed by atoms with Crippen molar-refractivity contribution < 1.29 is 17.6 Å². The number of primary amides is 1. The lowest BCUT2D eigenvalue weighted by Crippen LogP contribution is -2.13. The predicted octanol–water partition coefficient (Wildman–Crippen LogP) is 2.81. The Hall–Kier alpha value is -2.10. The molecule has 0 unspecified atom stereocenters. The van der Waals surface area contributed by atoms with Gasteiger partial charge in [0.25, 0.3) is 0 Å². The Morgan fingerprint density at radius 1 is 1.21 bits per heavy atom. The summed E-state index contributed by atoms with van der Waals surface area (Å²) < 4.78 is 31.3.